The maximum Gasteiger partial charge on any atom is 0.255 e. The van der Waals surface area contributed by atoms with Gasteiger partial charge in [-0.1, -0.05) is 6.07 Å². The van der Waals surface area contributed by atoms with Crippen molar-refractivity contribution in [3.05, 3.63) is 59.1 Å². The highest BCUT2D eigenvalue weighted by Gasteiger charge is 2.17. The summed E-state index contributed by atoms with van der Waals surface area (Å²) in [5.74, 6) is 0.193. The highest BCUT2D eigenvalue weighted by atomic mass is 32.1. The lowest BCUT2D eigenvalue weighted by Gasteiger charge is -2.16. The molecule has 4 rings (SSSR count). The third kappa shape index (κ3) is 2.52. The van der Waals surface area contributed by atoms with Crippen LogP contribution >= 0.6 is 11.3 Å². The number of carbonyl (C=O) groups excluding carboxylic acids is 1. The molecule has 1 N–H and O–H groups in total. The summed E-state index contributed by atoms with van der Waals surface area (Å²) >= 11 is 1.45. The molecule has 0 unspecified atom stereocenters. The fourth-order valence-corrected chi connectivity index (χ4v) is 3.46. The minimum atomic E-state index is -0.320. The lowest BCUT2D eigenvalue weighted by atomic mass is 10.2. The number of rotatable bonds is 3. The second-order valence-corrected chi connectivity index (χ2v) is 6.37. The Morgan fingerprint density at radius 1 is 1.29 bits per heavy atom. The Bertz CT molecular complexity index is 1060. The molecular weight excluding hydrogens is 327 g/mol. The van der Waals surface area contributed by atoms with E-state index >= 15 is 0 Å². The number of hydrogen-bond acceptors (Lipinski definition) is 4. The predicted molar refractivity (Wildman–Crippen MR) is 91.5 cm³/mol. The number of nitrogens with one attached hydrogen (secondary N) is 1. The van der Waals surface area contributed by atoms with Crippen molar-refractivity contribution in [2.75, 3.05) is 7.05 Å². The minimum Gasteiger partial charge on any atom is -0.340 e. The number of nitrogens with zero attached hydrogens (tertiary/aromatic N) is 3. The number of carbonyl (C=O) groups is 1. The summed E-state index contributed by atoms with van der Waals surface area (Å²) in [5.41, 5.74) is 4.47. The van der Waals surface area contributed by atoms with Crippen LogP contribution in [0.15, 0.2) is 41.9 Å². The molecule has 2 heterocycles. The van der Waals surface area contributed by atoms with E-state index in [-0.39, 0.29) is 11.7 Å². The predicted octanol–water partition coefficient (Wildman–Crippen LogP) is 3.58. The summed E-state index contributed by atoms with van der Waals surface area (Å²) in [6.07, 6.45) is 0. The van der Waals surface area contributed by atoms with E-state index in [1.165, 1.54) is 23.5 Å². The fraction of sp³-hybridized carbons (Fsp3) is 0.118. The molecule has 0 saturated carbocycles. The molecule has 0 radical (unpaired) electrons. The van der Waals surface area contributed by atoms with Crippen LogP contribution in [-0.2, 0) is 6.54 Å². The van der Waals surface area contributed by atoms with Gasteiger partial charge in [-0.15, -0.1) is 11.3 Å². The average Bonchev–Trinajstić information content (AvgIpc) is 3.19. The topological polar surface area (TPSA) is 61.9 Å². The first-order chi connectivity index (χ1) is 11.6. The first-order valence-electron chi connectivity index (χ1n) is 7.33. The molecule has 2 aromatic heterocycles. The Balaban J connectivity index is 1.61. The number of hydrogen-bond donors (Lipinski definition) is 1. The van der Waals surface area contributed by atoms with Gasteiger partial charge in [-0.05, 0) is 30.3 Å². The van der Waals surface area contributed by atoms with Crippen LogP contribution in [-0.4, -0.2) is 32.8 Å². The van der Waals surface area contributed by atoms with Crippen molar-refractivity contribution in [2.24, 2.45) is 0 Å². The van der Waals surface area contributed by atoms with Crippen LogP contribution in [0.1, 0.15) is 16.2 Å². The third-order valence-electron chi connectivity index (χ3n) is 3.81. The highest BCUT2D eigenvalue weighted by Crippen LogP contribution is 2.23. The Morgan fingerprint density at radius 2 is 2.17 bits per heavy atom. The van der Waals surface area contributed by atoms with E-state index < -0.39 is 0 Å². The standard InChI is InChI=1S/C17H13FN4OS/c1-22(8-15-20-12-6-5-10(18)7-14(12)21-15)17(23)11-3-2-4-13-16(11)24-9-19-13/h2-7,9H,8H2,1H3,(H,20,21). The molecule has 1 amide bonds. The van der Waals surface area contributed by atoms with Crippen molar-refractivity contribution in [2.45, 2.75) is 6.54 Å². The molecule has 4 aromatic rings. The fourth-order valence-electron chi connectivity index (χ4n) is 2.67. The van der Waals surface area contributed by atoms with Gasteiger partial charge in [-0.3, -0.25) is 4.79 Å². The second kappa shape index (κ2) is 5.68. The van der Waals surface area contributed by atoms with E-state index in [1.807, 2.05) is 12.1 Å². The van der Waals surface area contributed by atoms with Gasteiger partial charge in [0, 0.05) is 7.05 Å². The maximum atomic E-state index is 13.3. The van der Waals surface area contributed by atoms with Crippen LogP contribution in [0.5, 0.6) is 0 Å². The van der Waals surface area contributed by atoms with Crippen LogP contribution in [0.25, 0.3) is 21.3 Å². The van der Waals surface area contributed by atoms with E-state index in [2.05, 4.69) is 15.0 Å². The Kier molecular flexibility index (Phi) is 3.50. The number of H-pyrrole nitrogens is 1. The molecule has 0 fully saturated rings. The quantitative estimate of drug-likeness (QED) is 0.620. The van der Waals surface area contributed by atoms with E-state index in [0.29, 0.717) is 29.0 Å². The smallest absolute Gasteiger partial charge is 0.255 e. The van der Waals surface area contributed by atoms with E-state index in [9.17, 15) is 9.18 Å². The van der Waals surface area contributed by atoms with Gasteiger partial charge in [0.25, 0.3) is 5.91 Å². The van der Waals surface area contributed by atoms with Crippen LogP contribution in [0.3, 0.4) is 0 Å². The number of imidazole rings is 1. The van der Waals surface area contributed by atoms with Crippen molar-refractivity contribution in [1.29, 1.82) is 0 Å². The zero-order chi connectivity index (χ0) is 16.7. The zero-order valence-corrected chi connectivity index (χ0v) is 13.6. The van der Waals surface area contributed by atoms with Gasteiger partial charge in [0.15, 0.2) is 0 Å². The van der Waals surface area contributed by atoms with Crippen molar-refractivity contribution in [1.82, 2.24) is 19.9 Å². The number of aromatic amines is 1. The van der Waals surface area contributed by atoms with Gasteiger partial charge in [-0.25, -0.2) is 14.4 Å². The molecule has 24 heavy (non-hydrogen) atoms. The Morgan fingerprint density at radius 3 is 3.04 bits per heavy atom. The molecule has 0 aliphatic heterocycles. The van der Waals surface area contributed by atoms with Crippen molar-refractivity contribution < 1.29 is 9.18 Å². The van der Waals surface area contributed by atoms with E-state index in [1.54, 1.807) is 29.6 Å². The van der Waals surface area contributed by atoms with Crippen molar-refractivity contribution in [3.63, 3.8) is 0 Å². The summed E-state index contributed by atoms with van der Waals surface area (Å²) in [6.45, 7) is 0.310. The van der Waals surface area contributed by atoms with Gasteiger partial charge < -0.3 is 9.88 Å². The van der Waals surface area contributed by atoms with Crippen LogP contribution in [0, 0.1) is 5.82 Å². The Labute approximate surface area is 140 Å². The van der Waals surface area contributed by atoms with Crippen LogP contribution in [0.4, 0.5) is 4.39 Å². The number of aromatic nitrogens is 3. The van der Waals surface area contributed by atoms with Crippen molar-refractivity contribution >= 4 is 38.5 Å². The summed E-state index contributed by atoms with van der Waals surface area (Å²) < 4.78 is 14.1. The molecule has 0 saturated heterocycles. The van der Waals surface area contributed by atoms with Crippen molar-refractivity contribution in [3.8, 4) is 0 Å². The van der Waals surface area contributed by atoms with Gasteiger partial charge in [0.05, 0.1) is 38.9 Å². The Hall–Kier alpha value is -2.80. The molecule has 5 nitrogen and oxygen atoms in total. The largest absolute Gasteiger partial charge is 0.340 e. The molecule has 7 heteroatoms. The summed E-state index contributed by atoms with van der Waals surface area (Å²) in [4.78, 5) is 26.0. The maximum absolute atomic E-state index is 13.3. The lowest BCUT2D eigenvalue weighted by molar-refractivity contribution is 0.0784. The molecule has 0 bridgehead atoms. The van der Waals surface area contributed by atoms with Gasteiger partial charge in [0.1, 0.15) is 11.6 Å². The number of thiazole rings is 1. The molecule has 0 aliphatic rings. The minimum absolute atomic E-state index is 0.100. The highest BCUT2D eigenvalue weighted by molar-refractivity contribution is 7.17. The number of halogens is 1. The average molecular weight is 340 g/mol. The monoisotopic (exact) mass is 340 g/mol. The lowest BCUT2D eigenvalue weighted by Crippen LogP contribution is -2.26. The van der Waals surface area contributed by atoms with Gasteiger partial charge in [0.2, 0.25) is 0 Å². The van der Waals surface area contributed by atoms with Crippen LogP contribution < -0.4 is 0 Å². The number of amides is 1. The molecule has 0 aliphatic carbocycles. The normalized spacial score (nSPS) is 11.2. The molecule has 0 atom stereocenters. The van der Waals surface area contributed by atoms with Gasteiger partial charge in [-0.2, -0.15) is 0 Å². The molecule has 2 aromatic carbocycles. The number of fused-ring (bicyclic) bond motifs is 2. The SMILES string of the molecule is CN(Cc1nc2ccc(F)cc2[nH]1)C(=O)c1cccc2ncsc12. The van der Waals surface area contributed by atoms with E-state index in [0.717, 1.165) is 10.2 Å². The number of benzene rings is 2. The molecule has 120 valence electrons. The summed E-state index contributed by atoms with van der Waals surface area (Å²) in [5, 5.41) is 0. The van der Waals surface area contributed by atoms with E-state index in [4.69, 9.17) is 0 Å². The molecule has 0 spiro atoms. The second-order valence-electron chi connectivity index (χ2n) is 5.51. The molecular formula is C17H13FN4OS. The zero-order valence-electron chi connectivity index (χ0n) is 12.8. The van der Waals surface area contributed by atoms with Crippen LogP contribution in [0.2, 0.25) is 0 Å². The third-order valence-corrected chi connectivity index (χ3v) is 4.69. The first kappa shape index (κ1) is 14.8. The first-order valence-corrected chi connectivity index (χ1v) is 8.21. The summed E-state index contributed by atoms with van der Waals surface area (Å²) in [7, 11) is 1.72. The summed E-state index contributed by atoms with van der Waals surface area (Å²) in [6, 6.07) is 9.89. The van der Waals surface area contributed by atoms with Gasteiger partial charge >= 0.3 is 0 Å².